The number of nitrogens with one attached hydrogen (secondary N) is 1. The topological polar surface area (TPSA) is 68.0 Å². The molecule has 0 fully saturated rings. The first-order chi connectivity index (χ1) is 11.7. The van der Waals surface area contributed by atoms with Crippen molar-refractivity contribution in [3.8, 4) is 11.4 Å². The summed E-state index contributed by atoms with van der Waals surface area (Å²) in [5.74, 6) is 0.470. The second-order valence-corrected chi connectivity index (χ2v) is 5.29. The van der Waals surface area contributed by atoms with E-state index in [4.69, 9.17) is 4.52 Å². The second kappa shape index (κ2) is 7.50. The van der Waals surface area contributed by atoms with Crippen LogP contribution in [0.3, 0.4) is 0 Å². The summed E-state index contributed by atoms with van der Waals surface area (Å²) < 4.78 is 18.2. The largest absolute Gasteiger partial charge is 0.339 e. The number of rotatable bonds is 6. The van der Waals surface area contributed by atoms with Gasteiger partial charge in [0.25, 0.3) is 0 Å². The van der Waals surface area contributed by atoms with Crippen LogP contribution in [0.1, 0.15) is 18.7 Å². The molecule has 122 valence electrons. The molecule has 0 aliphatic rings. The summed E-state index contributed by atoms with van der Waals surface area (Å²) in [6.07, 6.45) is 1.37. The minimum atomic E-state index is -0.382. The lowest BCUT2D eigenvalue weighted by Crippen LogP contribution is -2.11. The summed E-state index contributed by atoms with van der Waals surface area (Å²) >= 11 is 0. The number of amides is 1. The Morgan fingerprint density at radius 3 is 2.75 bits per heavy atom. The number of aromatic nitrogens is 2. The summed E-state index contributed by atoms with van der Waals surface area (Å²) in [6.45, 7) is 0. The zero-order chi connectivity index (χ0) is 16.8. The minimum absolute atomic E-state index is 0.177. The quantitative estimate of drug-likeness (QED) is 0.748. The summed E-state index contributed by atoms with van der Waals surface area (Å²) in [5.41, 5.74) is 1.33. The van der Waals surface area contributed by atoms with Crippen LogP contribution in [-0.2, 0) is 11.2 Å². The Hall–Kier alpha value is -3.02. The van der Waals surface area contributed by atoms with Crippen LogP contribution in [0.4, 0.5) is 10.1 Å². The maximum Gasteiger partial charge on any atom is 0.226 e. The molecule has 1 N–H and O–H groups in total. The Bertz CT molecular complexity index is 818. The van der Waals surface area contributed by atoms with Crippen molar-refractivity contribution < 1.29 is 13.7 Å². The predicted molar refractivity (Wildman–Crippen MR) is 87.7 cm³/mol. The van der Waals surface area contributed by atoms with Crippen molar-refractivity contribution in [1.29, 1.82) is 0 Å². The smallest absolute Gasteiger partial charge is 0.226 e. The number of aryl methyl sites for hydroxylation is 1. The average Bonchev–Trinajstić information content (AvgIpc) is 3.04. The van der Waals surface area contributed by atoms with Gasteiger partial charge in [0.1, 0.15) is 5.82 Å². The van der Waals surface area contributed by atoms with Gasteiger partial charge in [-0.3, -0.25) is 4.79 Å². The normalized spacial score (nSPS) is 10.5. The number of carbonyl (C=O) groups is 1. The highest BCUT2D eigenvalue weighted by Crippen LogP contribution is 2.16. The van der Waals surface area contributed by atoms with Crippen LogP contribution in [0.5, 0.6) is 0 Å². The van der Waals surface area contributed by atoms with E-state index in [0.717, 1.165) is 5.56 Å². The predicted octanol–water partition coefficient (Wildman–Crippen LogP) is 3.84. The molecule has 0 atom stereocenters. The third-order valence-electron chi connectivity index (χ3n) is 3.40. The van der Waals surface area contributed by atoms with E-state index < -0.39 is 0 Å². The zero-order valence-electron chi connectivity index (χ0n) is 12.9. The van der Waals surface area contributed by atoms with Gasteiger partial charge in [0.15, 0.2) is 0 Å². The van der Waals surface area contributed by atoms with E-state index in [2.05, 4.69) is 15.5 Å². The molecule has 0 saturated heterocycles. The van der Waals surface area contributed by atoms with Crippen LogP contribution in [0.15, 0.2) is 59.1 Å². The Morgan fingerprint density at radius 1 is 1.12 bits per heavy atom. The van der Waals surface area contributed by atoms with Crippen molar-refractivity contribution in [2.45, 2.75) is 19.3 Å². The Labute approximate surface area is 138 Å². The molecule has 0 radical (unpaired) electrons. The monoisotopic (exact) mass is 325 g/mol. The Balaban J connectivity index is 1.48. The molecule has 0 saturated carbocycles. The van der Waals surface area contributed by atoms with Gasteiger partial charge in [0.2, 0.25) is 17.6 Å². The fourth-order valence-electron chi connectivity index (χ4n) is 2.25. The molecule has 1 amide bonds. The molecule has 0 aliphatic heterocycles. The van der Waals surface area contributed by atoms with Crippen LogP contribution in [-0.4, -0.2) is 16.0 Å². The van der Waals surface area contributed by atoms with Crippen LogP contribution >= 0.6 is 0 Å². The number of anilines is 1. The third kappa shape index (κ3) is 4.25. The summed E-state index contributed by atoms with van der Waals surface area (Å²) in [4.78, 5) is 16.2. The second-order valence-electron chi connectivity index (χ2n) is 5.29. The molecule has 1 aromatic heterocycles. The van der Waals surface area contributed by atoms with E-state index in [1.165, 1.54) is 12.1 Å². The first kappa shape index (κ1) is 15.9. The van der Waals surface area contributed by atoms with Gasteiger partial charge in [-0.25, -0.2) is 4.39 Å². The van der Waals surface area contributed by atoms with Crippen LogP contribution in [0.25, 0.3) is 11.4 Å². The molecule has 0 unspecified atom stereocenters. The summed E-state index contributed by atoms with van der Waals surface area (Å²) in [6, 6.07) is 15.3. The van der Waals surface area contributed by atoms with E-state index in [1.54, 1.807) is 12.1 Å². The molecule has 6 heteroatoms. The Morgan fingerprint density at radius 2 is 1.96 bits per heavy atom. The summed E-state index contributed by atoms with van der Waals surface area (Å²) in [5, 5.41) is 6.59. The molecule has 0 spiro atoms. The van der Waals surface area contributed by atoms with Crippen LogP contribution < -0.4 is 5.32 Å². The van der Waals surface area contributed by atoms with Gasteiger partial charge in [-0.05, 0) is 24.6 Å². The lowest BCUT2D eigenvalue weighted by molar-refractivity contribution is -0.116. The molecular formula is C18H16FN3O2. The van der Waals surface area contributed by atoms with E-state index in [1.807, 2.05) is 30.3 Å². The van der Waals surface area contributed by atoms with Gasteiger partial charge in [-0.1, -0.05) is 41.6 Å². The van der Waals surface area contributed by atoms with E-state index >= 15 is 0 Å². The van der Waals surface area contributed by atoms with Gasteiger partial charge in [0, 0.05) is 24.1 Å². The average molecular weight is 325 g/mol. The first-order valence-corrected chi connectivity index (χ1v) is 7.64. The Kier molecular flexibility index (Phi) is 4.96. The highest BCUT2D eigenvalue weighted by atomic mass is 19.1. The van der Waals surface area contributed by atoms with Crippen molar-refractivity contribution in [2.75, 3.05) is 5.32 Å². The van der Waals surface area contributed by atoms with E-state index in [0.29, 0.717) is 36.7 Å². The maximum absolute atomic E-state index is 13.1. The molecule has 0 bridgehead atoms. The molecule has 3 rings (SSSR count). The third-order valence-corrected chi connectivity index (χ3v) is 3.40. The minimum Gasteiger partial charge on any atom is -0.339 e. The molecule has 5 nitrogen and oxygen atoms in total. The number of hydrogen-bond acceptors (Lipinski definition) is 4. The highest BCUT2D eigenvalue weighted by Gasteiger charge is 2.09. The molecular weight excluding hydrogens is 309 g/mol. The van der Waals surface area contributed by atoms with Gasteiger partial charge in [0.05, 0.1) is 0 Å². The van der Waals surface area contributed by atoms with E-state index in [9.17, 15) is 9.18 Å². The number of nitrogens with zero attached hydrogens (tertiary/aromatic N) is 2. The SMILES string of the molecule is O=C(CCCc1nc(-c2ccccc2)no1)Nc1cccc(F)c1. The first-order valence-electron chi connectivity index (χ1n) is 7.64. The van der Waals surface area contributed by atoms with Gasteiger partial charge in [-0.15, -0.1) is 0 Å². The summed E-state index contributed by atoms with van der Waals surface area (Å²) in [7, 11) is 0. The fraction of sp³-hybridized carbons (Fsp3) is 0.167. The number of hydrogen-bond donors (Lipinski definition) is 1. The van der Waals surface area contributed by atoms with Crippen LogP contribution in [0, 0.1) is 5.82 Å². The number of halogens is 1. The molecule has 3 aromatic rings. The van der Waals surface area contributed by atoms with Crippen molar-refractivity contribution in [3.05, 3.63) is 66.3 Å². The van der Waals surface area contributed by atoms with Crippen molar-refractivity contribution in [2.24, 2.45) is 0 Å². The fourth-order valence-corrected chi connectivity index (χ4v) is 2.25. The van der Waals surface area contributed by atoms with Gasteiger partial charge in [-0.2, -0.15) is 4.98 Å². The van der Waals surface area contributed by atoms with Gasteiger partial charge < -0.3 is 9.84 Å². The highest BCUT2D eigenvalue weighted by molar-refractivity contribution is 5.90. The van der Waals surface area contributed by atoms with Crippen molar-refractivity contribution in [1.82, 2.24) is 10.1 Å². The molecule has 0 aliphatic carbocycles. The number of carbonyl (C=O) groups excluding carboxylic acids is 1. The molecule has 2 aromatic carbocycles. The van der Waals surface area contributed by atoms with E-state index in [-0.39, 0.29) is 11.7 Å². The molecule has 1 heterocycles. The lowest BCUT2D eigenvalue weighted by atomic mass is 10.2. The van der Waals surface area contributed by atoms with Crippen LogP contribution in [0.2, 0.25) is 0 Å². The number of benzene rings is 2. The van der Waals surface area contributed by atoms with Crippen molar-refractivity contribution in [3.63, 3.8) is 0 Å². The zero-order valence-corrected chi connectivity index (χ0v) is 12.9. The standard InChI is InChI=1S/C18H16FN3O2/c19-14-8-4-9-15(12-14)20-16(23)10-5-11-17-21-18(22-24-17)13-6-2-1-3-7-13/h1-4,6-9,12H,5,10-11H2,(H,20,23). The van der Waals surface area contributed by atoms with Gasteiger partial charge >= 0.3 is 0 Å². The van der Waals surface area contributed by atoms with Crippen molar-refractivity contribution >= 4 is 11.6 Å². The lowest BCUT2D eigenvalue weighted by Gasteiger charge is -2.04. The molecule has 24 heavy (non-hydrogen) atoms. The maximum atomic E-state index is 13.1.